The van der Waals surface area contributed by atoms with Gasteiger partial charge in [0.05, 0.1) is 12.2 Å². The summed E-state index contributed by atoms with van der Waals surface area (Å²) in [5.74, 6) is -7.50. The molecule has 1 aromatic heterocycles. The maximum absolute atomic E-state index is 14.1. The second-order valence-corrected chi connectivity index (χ2v) is 6.62. The van der Waals surface area contributed by atoms with Crippen molar-refractivity contribution in [1.29, 1.82) is 0 Å². The van der Waals surface area contributed by atoms with Crippen LogP contribution in [0, 0.1) is 6.92 Å². The number of alkyl halides is 4. The SMILES string of the molecule is CCOC(=O)c1c(NC(=O)[C@@](F)(OC)C(F)(F)F)sc(-c2ccccc2)c1C. The lowest BCUT2D eigenvalue weighted by Gasteiger charge is -2.24. The van der Waals surface area contributed by atoms with E-state index >= 15 is 0 Å². The van der Waals surface area contributed by atoms with Gasteiger partial charge in [0, 0.05) is 12.0 Å². The highest BCUT2D eigenvalue weighted by Crippen LogP contribution is 2.42. The fourth-order valence-corrected chi connectivity index (χ4v) is 3.63. The number of anilines is 1. The molecule has 1 N–H and O–H groups in total. The minimum absolute atomic E-state index is 0.00977. The van der Waals surface area contributed by atoms with E-state index < -0.39 is 23.9 Å². The van der Waals surface area contributed by atoms with Crippen LogP contribution in [-0.4, -0.2) is 37.6 Å². The molecule has 152 valence electrons. The number of rotatable bonds is 6. The van der Waals surface area contributed by atoms with Crippen LogP contribution in [0.25, 0.3) is 10.4 Å². The van der Waals surface area contributed by atoms with Crippen LogP contribution in [0.2, 0.25) is 0 Å². The number of halogens is 4. The van der Waals surface area contributed by atoms with Crippen molar-refractivity contribution in [2.24, 2.45) is 0 Å². The van der Waals surface area contributed by atoms with Gasteiger partial charge in [-0.15, -0.1) is 11.3 Å². The first-order valence-electron chi connectivity index (χ1n) is 8.05. The summed E-state index contributed by atoms with van der Waals surface area (Å²) in [5, 5.41) is 1.58. The Morgan fingerprint density at radius 1 is 1.14 bits per heavy atom. The van der Waals surface area contributed by atoms with Gasteiger partial charge >= 0.3 is 23.9 Å². The zero-order valence-electron chi connectivity index (χ0n) is 15.1. The predicted molar refractivity (Wildman–Crippen MR) is 96.0 cm³/mol. The zero-order valence-corrected chi connectivity index (χ0v) is 16.0. The van der Waals surface area contributed by atoms with Crippen LogP contribution in [0.1, 0.15) is 22.8 Å². The number of thiophene rings is 1. The number of ether oxygens (including phenoxy) is 2. The summed E-state index contributed by atoms with van der Waals surface area (Å²) < 4.78 is 61.7. The molecule has 0 radical (unpaired) electrons. The lowest BCUT2D eigenvalue weighted by molar-refractivity contribution is -0.305. The Hall–Kier alpha value is -2.46. The standard InChI is InChI=1S/C18H17F4NO4S/c1-4-27-15(24)12-10(2)13(11-8-6-5-7-9-11)28-14(12)23-16(25)17(19,26-3)18(20,21)22/h5-9H,4H2,1-3H3,(H,23,25)/t17-/m1/s1. The van der Waals surface area contributed by atoms with Gasteiger partial charge in [-0.2, -0.15) is 17.6 Å². The largest absolute Gasteiger partial charge is 0.462 e. The highest BCUT2D eigenvalue weighted by molar-refractivity contribution is 7.20. The highest BCUT2D eigenvalue weighted by atomic mass is 32.1. The Kier molecular flexibility index (Phi) is 6.45. The molecule has 1 atom stereocenters. The maximum atomic E-state index is 14.1. The first-order valence-corrected chi connectivity index (χ1v) is 8.86. The van der Waals surface area contributed by atoms with E-state index in [1.807, 2.05) is 5.32 Å². The number of methoxy groups -OCH3 is 1. The molecule has 0 aliphatic heterocycles. The number of carbonyl (C=O) groups excluding carboxylic acids is 2. The minimum Gasteiger partial charge on any atom is -0.462 e. The summed E-state index contributed by atoms with van der Waals surface area (Å²) in [5.41, 5.74) is 0.920. The molecule has 10 heteroatoms. The molecule has 1 heterocycles. The first-order chi connectivity index (χ1) is 13.1. The molecule has 0 bridgehead atoms. The number of hydrogen-bond acceptors (Lipinski definition) is 5. The molecule has 28 heavy (non-hydrogen) atoms. The summed E-state index contributed by atoms with van der Waals surface area (Å²) in [6.07, 6.45) is -5.61. The van der Waals surface area contributed by atoms with Crippen LogP contribution >= 0.6 is 11.3 Å². The molecule has 0 saturated carbocycles. The number of nitrogens with one attached hydrogen (secondary N) is 1. The first kappa shape index (κ1) is 21.8. The molecule has 0 aliphatic rings. The maximum Gasteiger partial charge on any atom is 0.458 e. The van der Waals surface area contributed by atoms with Crippen molar-refractivity contribution in [2.45, 2.75) is 25.9 Å². The molecule has 0 unspecified atom stereocenters. The molecule has 1 amide bonds. The van der Waals surface area contributed by atoms with E-state index in [0.717, 1.165) is 11.3 Å². The van der Waals surface area contributed by atoms with Gasteiger partial charge in [0.15, 0.2) is 0 Å². The normalized spacial score (nSPS) is 13.7. The van der Waals surface area contributed by atoms with Gasteiger partial charge in [0.2, 0.25) is 0 Å². The Morgan fingerprint density at radius 3 is 2.25 bits per heavy atom. The molecule has 2 rings (SSSR count). The van der Waals surface area contributed by atoms with Gasteiger partial charge in [-0.3, -0.25) is 4.79 Å². The molecule has 0 fully saturated rings. The Balaban J connectivity index is 2.54. The fraction of sp³-hybridized carbons (Fsp3) is 0.333. The fourth-order valence-electron chi connectivity index (χ4n) is 2.44. The number of amides is 1. The van der Waals surface area contributed by atoms with Crippen molar-refractivity contribution in [1.82, 2.24) is 0 Å². The summed E-state index contributed by atoms with van der Waals surface area (Å²) >= 11 is 0.837. The van der Waals surface area contributed by atoms with E-state index in [2.05, 4.69) is 4.74 Å². The van der Waals surface area contributed by atoms with Crippen molar-refractivity contribution in [3.63, 3.8) is 0 Å². The van der Waals surface area contributed by atoms with Gasteiger partial charge in [-0.05, 0) is 25.0 Å². The predicted octanol–water partition coefficient (Wildman–Crippen LogP) is 4.71. The number of hydrogen-bond donors (Lipinski definition) is 1. The summed E-state index contributed by atoms with van der Waals surface area (Å²) in [7, 11) is 0.425. The molecular formula is C18H17F4NO4S. The van der Waals surface area contributed by atoms with E-state index in [9.17, 15) is 27.2 Å². The van der Waals surface area contributed by atoms with Gasteiger partial charge < -0.3 is 14.8 Å². The average Bonchev–Trinajstić information content (AvgIpc) is 2.96. The van der Waals surface area contributed by atoms with E-state index in [1.54, 1.807) is 44.2 Å². The zero-order chi connectivity index (χ0) is 21.1. The van der Waals surface area contributed by atoms with Crippen molar-refractivity contribution < 1.29 is 36.6 Å². The molecule has 0 spiro atoms. The van der Waals surface area contributed by atoms with Crippen LogP contribution in [0.5, 0.6) is 0 Å². The van der Waals surface area contributed by atoms with Crippen molar-refractivity contribution in [3.8, 4) is 10.4 Å². The lowest BCUT2D eigenvalue weighted by atomic mass is 10.1. The highest BCUT2D eigenvalue weighted by Gasteiger charge is 2.63. The topological polar surface area (TPSA) is 64.6 Å². The molecular weight excluding hydrogens is 402 g/mol. The van der Waals surface area contributed by atoms with Gasteiger partial charge in [-0.25, -0.2) is 4.79 Å². The number of benzene rings is 1. The summed E-state index contributed by atoms with van der Waals surface area (Å²) in [4.78, 5) is 24.9. The second-order valence-electron chi connectivity index (χ2n) is 5.60. The number of esters is 1. The molecule has 0 saturated heterocycles. The third-order valence-electron chi connectivity index (χ3n) is 3.83. The average molecular weight is 419 g/mol. The van der Waals surface area contributed by atoms with Crippen LogP contribution in [0.15, 0.2) is 30.3 Å². The van der Waals surface area contributed by atoms with Gasteiger partial charge in [-0.1, -0.05) is 30.3 Å². The van der Waals surface area contributed by atoms with Crippen LogP contribution in [0.3, 0.4) is 0 Å². The monoisotopic (exact) mass is 419 g/mol. The van der Waals surface area contributed by atoms with E-state index in [4.69, 9.17) is 4.74 Å². The van der Waals surface area contributed by atoms with E-state index in [-0.39, 0.29) is 17.2 Å². The molecule has 5 nitrogen and oxygen atoms in total. The van der Waals surface area contributed by atoms with Crippen molar-refractivity contribution >= 4 is 28.2 Å². The minimum atomic E-state index is -5.61. The second kappa shape index (κ2) is 8.27. The van der Waals surface area contributed by atoms with Gasteiger partial charge in [0.1, 0.15) is 5.00 Å². The van der Waals surface area contributed by atoms with E-state index in [1.165, 1.54) is 0 Å². The summed E-state index contributed by atoms with van der Waals surface area (Å²) in [6, 6.07) is 8.68. The Labute approximate surface area is 162 Å². The van der Waals surface area contributed by atoms with Crippen LogP contribution in [-0.2, 0) is 14.3 Å². The van der Waals surface area contributed by atoms with Crippen LogP contribution < -0.4 is 5.32 Å². The van der Waals surface area contributed by atoms with Gasteiger partial charge in [0.25, 0.3) is 0 Å². The molecule has 0 aliphatic carbocycles. The number of carbonyl (C=O) groups is 2. The summed E-state index contributed by atoms with van der Waals surface area (Å²) in [6.45, 7) is 3.12. The van der Waals surface area contributed by atoms with E-state index in [0.29, 0.717) is 23.1 Å². The smallest absolute Gasteiger partial charge is 0.458 e. The lowest BCUT2D eigenvalue weighted by Crippen LogP contribution is -2.52. The molecule has 2 aromatic rings. The van der Waals surface area contributed by atoms with Crippen molar-refractivity contribution in [2.75, 3.05) is 19.0 Å². The van der Waals surface area contributed by atoms with Crippen molar-refractivity contribution in [3.05, 3.63) is 41.5 Å². The Bertz CT molecular complexity index is 866. The quantitative estimate of drug-likeness (QED) is 0.544. The third kappa shape index (κ3) is 4.02. The molecule has 1 aromatic carbocycles. The van der Waals surface area contributed by atoms with Crippen LogP contribution in [0.4, 0.5) is 22.6 Å². The third-order valence-corrected chi connectivity index (χ3v) is 5.08. The Morgan fingerprint density at radius 2 is 1.75 bits per heavy atom.